The summed E-state index contributed by atoms with van der Waals surface area (Å²) in [6.45, 7) is 15.5. The Kier molecular flexibility index (Phi) is 9.00. The highest BCUT2D eigenvalue weighted by molar-refractivity contribution is 8.00. The molecule has 2 aromatic rings. The molecule has 0 spiro atoms. The van der Waals surface area contributed by atoms with Crippen LogP contribution in [0.3, 0.4) is 0 Å². The molecule has 0 amide bonds. The van der Waals surface area contributed by atoms with Crippen LogP contribution in [-0.2, 0) is 9.16 Å². The number of nitrogens with zero attached hydrogens (tertiary/aromatic N) is 1. The molecular weight excluding hydrogens is 447 g/mol. The molecule has 1 heterocycles. The van der Waals surface area contributed by atoms with Crippen LogP contribution in [-0.4, -0.2) is 46.1 Å². The van der Waals surface area contributed by atoms with Crippen LogP contribution in [0, 0.1) is 0 Å². The average Bonchev–Trinajstić information content (AvgIpc) is 2.73. The maximum absolute atomic E-state index is 6.58. The number of thioether (sulfide) groups is 1. The predicted octanol–water partition coefficient (Wildman–Crippen LogP) is 7.18. The van der Waals surface area contributed by atoms with Crippen LogP contribution in [0.25, 0.3) is 0 Å². The second-order valence-electron chi connectivity index (χ2n) is 10.5. The third-order valence-corrected chi connectivity index (χ3v) is 8.66. The van der Waals surface area contributed by atoms with E-state index in [0.717, 1.165) is 13.0 Å². The van der Waals surface area contributed by atoms with Crippen LogP contribution >= 0.6 is 11.8 Å². The number of benzene rings is 2. The van der Waals surface area contributed by atoms with Gasteiger partial charge in [-0.1, -0.05) is 79.9 Å². The molecule has 1 unspecified atom stereocenters. The molecular formula is C26H39NO2SSi2. The fourth-order valence-corrected chi connectivity index (χ4v) is 6.90. The highest BCUT2D eigenvalue weighted by atomic mass is 32.2. The Labute approximate surface area is 201 Å². The van der Waals surface area contributed by atoms with E-state index in [1.807, 2.05) is 11.8 Å². The zero-order valence-electron chi connectivity index (χ0n) is 20.5. The molecule has 6 heteroatoms. The van der Waals surface area contributed by atoms with Crippen molar-refractivity contribution in [3.05, 3.63) is 78.0 Å². The van der Waals surface area contributed by atoms with Crippen LogP contribution in [0.1, 0.15) is 18.0 Å². The van der Waals surface area contributed by atoms with Gasteiger partial charge in [-0.3, -0.25) is 4.90 Å². The lowest BCUT2D eigenvalue weighted by atomic mass is 10.0. The van der Waals surface area contributed by atoms with E-state index in [0.29, 0.717) is 6.61 Å². The molecule has 1 aliphatic heterocycles. The van der Waals surface area contributed by atoms with Crippen molar-refractivity contribution in [3.63, 3.8) is 0 Å². The van der Waals surface area contributed by atoms with Gasteiger partial charge in [0, 0.05) is 11.4 Å². The van der Waals surface area contributed by atoms with E-state index in [-0.39, 0.29) is 17.7 Å². The Balaban J connectivity index is 1.91. The van der Waals surface area contributed by atoms with Crippen LogP contribution in [0.4, 0.5) is 0 Å². The quantitative estimate of drug-likeness (QED) is 0.351. The maximum Gasteiger partial charge on any atom is 0.187 e. The molecule has 0 N–H and O–H groups in total. The topological polar surface area (TPSA) is 21.7 Å². The predicted molar refractivity (Wildman–Crippen MR) is 143 cm³/mol. The number of hydrogen-bond donors (Lipinski definition) is 0. The van der Waals surface area contributed by atoms with E-state index >= 15 is 0 Å². The fraction of sp³-hybridized carbons (Fsp3) is 0.462. The van der Waals surface area contributed by atoms with Gasteiger partial charge in [0.1, 0.15) is 5.37 Å². The smallest absolute Gasteiger partial charge is 0.187 e. The Bertz CT molecular complexity index is 850. The van der Waals surface area contributed by atoms with Crippen molar-refractivity contribution >= 4 is 28.2 Å². The Morgan fingerprint density at radius 3 is 2.19 bits per heavy atom. The van der Waals surface area contributed by atoms with Gasteiger partial charge in [0.15, 0.2) is 14.6 Å². The molecule has 0 saturated carbocycles. The summed E-state index contributed by atoms with van der Waals surface area (Å²) in [7, 11) is -2.97. The van der Waals surface area contributed by atoms with Crippen LogP contribution in [0.15, 0.2) is 77.3 Å². The standard InChI is InChI=1S/C26H39NO2SSi2/c1-31(2,3)20-14-13-19-27-24(22-15-9-7-10-16-22)21-28-26(29-32(4,5)6)25(27)30-23-17-11-8-12-18-23/h7-12,14-18,20,24-26H,13,19,21H2,1-6H3/b20-14-/t24-,25+,26?/m1/s1. The summed E-state index contributed by atoms with van der Waals surface area (Å²) in [6.07, 6.45) is 3.20. The van der Waals surface area contributed by atoms with Gasteiger partial charge in [-0.15, -0.1) is 11.8 Å². The zero-order chi connectivity index (χ0) is 23.2. The van der Waals surface area contributed by atoms with Crippen molar-refractivity contribution < 1.29 is 9.16 Å². The normalized spacial score (nSPS) is 23.0. The first-order valence-electron chi connectivity index (χ1n) is 11.6. The van der Waals surface area contributed by atoms with Crippen LogP contribution < -0.4 is 0 Å². The van der Waals surface area contributed by atoms with Crippen molar-refractivity contribution in [2.45, 2.75) is 68.3 Å². The molecule has 3 nitrogen and oxygen atoms in total. The van der Waals surface area contributed by atoms with Gasteiger partial charge in [-0.25, -0.2) is 0 Å². The Hall–Kier alpha value is -1.16. The summed E-state index contributed by atoms with van der Waals surface area (Å²) in [5, 5.41) is 0.100. The van der Waals surface area contributed by atoms with E-state index in [1.165, 1.54) is 10.5 Å². The van der Waals surface area contributed by atoms with Gasteiger partial charge in [0.2, 0.25) is 0 Å². The van der Waals surface area contributed by atoms with Crippen molar-refractivity contribution in [3.8, 4) is 0 Å². The van der Waals surface area contributed by atoms with Crippen LogP contribution in [0.2, 0.25) is 39.3 Å². The number of rotatable bonds is 9. The van der Waals surface area contributed by atoms with Gasteiger partial charge in [-0.2, -0.15) is 0 Å². The highest BCUT2D eigenvalue weighted by Gasteiger charge is 2.41. The molecule has 3 atom stereocenters. The lowest BCUT2D eigenvalue weighted by Crippen LogP contribution is -2.54. The summed E-state index contributed by atoms with van der Waals surface area (Å²) in [6, 6.07) is 21.7. The van der Waals surface area contributed by atoms with E-state index in [1.54, 1.807) is 0 Å². The third kappa shape index (κ3) is 8.01. The molecule has 32 heavy (non-hydrogen) atoms. The summed E-state index contributed by atoms with van der Waals surface area (Å²) < 4.78 is 13.0. The minimum absolute atomic E-state index is 0.100. The first kappa shape index (κ1) is 25.5. The summed E-state index contributed by atoms with van der Waals surface area (Å²) >= 11 is 1.87. The molecule has 1 aliphatic rings. The van der Waals surface area contributed by atoms with Gasteiger partial charge in [0.25, 0.3) is 0 Å². The monoisotopic (exact) mass is 485 g/mol. The summed E-state index contributed by atoms with van der Waals surface area (Å²) in [5.74, 6) is 0. The fourth-order valence-electron chi connectivity index (χ4n) is 3.81. The molecule has 174 valence electrons. The number of hydrogen-bond acceptors (Lipinski definition) is 4. The van der Waals surface area contributed by atoms with Gasteiger partial charge in [-0.05, 0) is 43.8 Å². The molecule has 0 aliphatic carbocycles. The first-order chi connectivity index (χ1) is 15.1. The van der Waals surface area contributed by atoms with E-state index in [2.05, 4.69) is 117 Å². The maximum atomic E-state index is 6.58. The van der Waals surface area contributed by atoms with Crippen molar-refractivity contribution in [2.75, 3.05) is 13.2 Å². The van der Waals surface area contributed by atoms with Crippen LogP contribution in [0.5, 0.6) is 0 Å². The minimum atomic E-state index is -1.77. The number of morpholine rings is 1. The average molecular weight is 486 g/mol. The minimum Gasteiger partial charge on any atom is -0.391 e. The van der Waals surface area contributed by atoms with Crippen molar-refractivity contribution in [2.24, 2.45) is 0 Å². The molecule has 0 radical (unpaired) electrons. The van der Waals surface area contributed by atoms with E-state index in [9.17, 15) is 0 Å². The molecule has 2 aromatic carbocycles. The highest BCUT2D eigenvalue weighted by Crippen LogP contribution is 2.39. The molecule has 1 saturated heterocycles. The van der Waals surface area contributed by atoms with Gasteiger partial charge >= 0.3 is 0 Å². The molecule has 3 rings (SSSR count). The Morgan fingerprint density at radius 1 is 0.969 bits per heavy atom. The van der Waals surface area contributed by atoms with E-state index < -0.39 is 16.4 Å². The largest absolute Gasteiger partial charge is 0.391 e. The second kappa shape index (κ2) is 11.3. The zero-order valence-corrected chi connectivity index (χ0v) is 23.3. The SMILES string of the molecule is C[Si](C)(C)/C=C\CCN1[C@@H](c2ccccc2)COC(O[Si](C)(C)C)[C@@H]1Sc1ccccc1. The Morgan fingerprint density at radius 2 is 1.59 bits per heavy atom. The third-order valence-electron chi connectivity index (χ3n) is 5.20. The first-order valence-corrected chi connectivity index (χ1v) is 19.5. The van der Waals surface area contributed by atoms with Crippen molar-refractivity contribution in [1.82, 2.24) is 4.90 Å². The van der Waals surface area contributed by atoms with Crippen molar-refractivity contribution in [1.29, 1.82) is 0 Å². The molecule has 0 bridgehead atoms. The number of ether oxygens (including phenoxy) is 1. The van der Waals surface area contributed by atoms with Gasteiger partial charge < -0.3 is 9.16 Å². The summed E-state index contributed by atoms with van der Waals surface area (Å²) in [5.41, 5.74) is 3.77. The lowest BCUT2D eigenvalue weighted by molar-refractivity contribution is -0.167. The molecule has 1 fully saturated rings. The van der Waals surface area contributed by atoms with E-state index in [4.69, 9.17) is 9.16 Å². The van der Waals surface area contributed by atoms with Gasteiger partial charge in [0.05, 0.1) is 20.7 Å². The second-order valence-corrected chi connectivity index (χ2v) is 21.2. The summed E-state index contributed by atoms with van der Waals surface area (Å²) in [4.78, 5) is 3.87. The molecule has 0 aromatic heterocycles. The lowest BCUT2D eigenvalue weighted by Gasteiger charge is -2.47.